The fraction of sp³-hybridized carbons (Fsp3) is 0.391. The molecule has 0 spiro atoms. The number of rotatable bonds is 8. The molecule has 1 fully saturated rings. The summed E-state index contributed by atoms with van der Waals surface area (Å²) in [7, 11) is 3.37. The number of carbonyl (C=O) groups excluding carboxylic acids is 2. The number of non-ortho nitro benzene ring substituents is 1. The molecule has 2 aromatic carbocycles. The molecule has 0 radical (unpaired) electrons. The number of halogens is 1. The van der Waals surface area contributed by atoms with Crippen LogP contribution in [-0.2, 0) is 4.74 Å². The first-order valence-corrected chi connectivity index (χ1v) is 10.6. The van der Waals surface area contributed by atoms with Crippen molar-refractivity contribution >= 4 is 28.8 Å². The van der Waals surface area contributed by atoms with E-state index in [1.54, 1.807) is 37.3 Å². The second kappa shape index (κ2) is 10.4. The lowest BCUT2D eigenvalue weighted by atomic mass is 10.1. The second-order valence-corrected chi connectivity index (χ2v) is 7.87. The molecule has 0 atom stereocenters. The van der Waals surface area contributed by atoms with Crippen molar-refractivity contribution in [3.8, 4) is 0 Å². The van der Waals surface area contributed by atoms with Gasteiger partial charge in [0.2, 0.25) is 0 Å². The molecule has 3 rings (SSSR count). The minimum atomic E-state index is -0.527. The first-order chi connectivity index (χ1) is 15.7. The molecule has 10 heteroatoms. The van der Waals surface area contributed by atoms with Gasteiger partial charge in [-0.05, 0) is 31.2 Å². The van der Waals surface area contributed by atoms with Gasteiger partial charge in [0.15, 0.2) is 5.78 Å². The summed E-state index contributed by atoms with van der Waals surface area (Å²) in [6.45, 7) is 3.78. The summed E-state index contributed by atoms with van der Waals surface area (Å²) < 4.78 is 19.6. The predicted molar refractivity (Wildman–Crippen MR) is 123 cm³/mol. The van der Waals surface area contributed by atoms with E-state index in [1.807, 2.05) is 9.80 Å². The molecule has 0 unspecified atom stereocenters. The van der Waals surface area contributed by atoms with E-state index in [1.165, 1.54) is 25.1 Å². The highest BCUT2D eigenvalue weighted by atomic mass is 19.1. The van der Waals surface area contributed by atoms with E-state index in [-0.39, 0.29) is 22.9 Å². The Balaban J connectivity index is 1.78. The smallest absolute Gasteiger partial charge is 0.270 e. The quantitative estimate of drug-likeness (QED) is 0.341. The average molecular weight is 458 g/mol. The highest BCUT2D eigenvalue weighted by molar-refractivity contribution is 6.00. The molecule has 176 valence electrons. The number of nitro groups is 1. The number of nitro benzene ring substituents is 1. The zero-order valence-corrected chi connectivity index (χ0v) is 18.9. The van der Waals surface area contributed by atoms with E-state index in [0.717, 1.165) is 0 Å². The number of ketones is 1. The average Bonchev–Trinajstić information content (AvgIpc) is 2.81. The first-order valence-electron chi connectivity index (χ1n) is 10.6. The Kier molecular flexibility index (Phi) is 7.59. The maximum Gasteiger partial charge on any atom is 0.270 e. The second-order valence-electron chi connectivity index (χ2n) is 7.87. The number of Topliss-reactive ketones (excluding diaryl/α,β-unsaturated/α-hetero) is 1. The fourth-order valence-electron chi connectivity index (χ4n) is 3.79. The highest BCUT2D eigenvalue weighted by Crippen LogP contribution is 2.28. The zero-order valence-electron chi connectivity index (χ0n) is 18.9. The lowest BCUT2D eigenvalue weighted by Gasteiger charge is -2.36. The van der Waals surface area contributed by atoms with Gasteiger partial charge < -0.3 is 19.4 Å². The van der Waals surface area contributed by atoms with Crippen LogP contribution in [0.2, 0.25) is 0 Å². The topological polar surface area (TPSA) is 96.2 Å². The Hall–Kier alpha value is -3.53. The molecule has 1 amide bonds. The third-order valence-corrected chi connectivity index (χ3v) is 5.73. The van der Waals surface area contributed by atoms with Gasteiger partial charge in [0, 0.05) is 70.3 Å². The minimum Gasteiger partial charge on any atom is -0.383 e. The number of carbonyl (C=O) groups is 2. The highest BCUT2D eigenvalue weighted by Gasteiger charge is 2.27. The summed E-state index contributed by atoms with van der Waals surface area (Å²) in [6.07, 6.45) is 0. The Labute approximate surface area is 191 Å². The number of ether oxygens (including phenoxy) is 1. The van der Waals surface area contributed by atoms with Crippen molar-refractivity contribution in [2.75, 3.05) is 63.3 Å². The van der Waals surface area contributed by atoms with Gasteiger partial charge >= 0.3 is 0 Å². The Morgan fingerprint density at radius 3 is 2.42 bits per heavy atom. The van der Waals surface area contributed by atoms with Crippen molar-refractivity contribution in [3.63, 3.8) is 0 Å². The molecule has 2 aromatic rings. The zero-order chi connectivity index (χ0) is 24.1. The lowest BCUT2D eigenvalue weighted by Crippen LogP contribution is -2.49. The van der Waals surface area contributed by atoms with E-state index < -0.39 is 10.7 Å². The van der Waals surface area contributed by atoms with Crippen LogP contribution in [0.3, 0.4) is 0 Å². The van der Waals surface area contributed by atoms with Crippen molar-refractivity contribution in [3.05, 3.63) is 63.5 Å². The molecule has 9 nitrogen and oxygen atoms in total. The standard InChI is InChI=1S/C23H27FN4O5/c1-16(29)17-4-6-22(20(24)14-17)26-8-10-27(11-9-26)23(30)19-15-18(28(31)32)5-7-21(19)25(2)12-13-33-3/h4-7,14-15H,8-13H2,1-3H3. The summed E-state index contributed by atoms with van der Waals surface area (Å²) in [5, 5.41) is 11.3. The van der Waals surface area contributed by atoms with E-state index >= 15 is 0 Å². The number of methoxy groups -OCH3 is 1. The largest absolute Gasteiger partial charge is 0.383 e. The van der Waals surface area contributed by atoms with Crippen LogP contribution in [0, 0.1) is 15.9 Å². The number of amides is 1. The van der Waals surface area contributed by atoms with E-state index in [0.29, 0.717) is 56.3 Å². The number of likely N-dealkylation sites (N-methyl/N-ethyl adjacent to an activating group) is 1. The molecule has 0 saturated carbocycles. The molecule has 1 aliphatic rings. The molecule has 1 aliphatic heterocycles. The van der Waals surface area contributed by atoms with Crippen molar-refractivity contribution in [2.45, 2.75) is 6.92 Å². The fourth-order valence-corrected chi connectivity index (χ4v) is 3.79. The summed E-state index contributed by atoms with van der Waals surface area (Å²) >= 11 is 0. The summed E-state index contributed by atoms with van der Waals surface area (Å²) in [6, 6.07) is 8.63. The van der Waals surface area contributed by atoms with Crippen LogP contribution in [-0.4, -0.2) is 75.0 Å². The van der Waals surface area contributed by atoms with Crippen LogP contribution < -0.4 is 9.80 Å². The van der Waals surface area contributed by atoms with Gasteiger partial charge in [0.05, 0.1) is 22.8 Å². The molecule has 0 aliphatic carbocycles. The SMILES string of the molecule is COCCN(C)c1ccc([N+](=O)[O-])cc1C(=O)N1CCN(c2ccc(C(C)=O)cc2F)CC1. The van der Waals surface area contributed by atoms with Crippen molar-refractivity contribution in [2.24, 2.45) is 0 Å². The third kappa shape index (κ3) is 5.46. The van der Waals surface area contributed by atoms with E-state index in [4.69, 9.17) is 4.74 Å². The van der Waals surface area contributed by atoms with Crippen molar-refractivity contribution < 1.29 is 23.6 Å². The number of anilines is 2. The van der Waals surface area contributed by atoms with E-state index in [9.17, 15) is 24.1 Å². The molecule has 0 aromatic heterocycles. The molecule has 0 N–H and O–H groups in total. The van der Waals surface area contributed by atoms with Gasteiger partial charge in [-0.15, -0.1) is 0 Å². The van der Waals surface area contributed by atoms with Crippen LogP contribution in [0.25, 0.3) is 0 Å². The number of nitrogens with zero attached hydrogens (tertiary/aromatic N) is 4. The van der Waals surface area contributed by atoms with Gasteiger partial charge in [-0.2, -0.15) is 0 Å². The van der Waals surface area contributed by atoms with Gasteiger partial charge in [0.25, 0.3) is 11.6 Å². The van der Waals surface area contributed by atoms with Crippen LogP contribution in [0.15, 0.2) is 36.4 Å². The van der Waals surface area contributed by atoms with E-state index in [2.05, 4.69) is 0 Å². The predicted octanol–water partition coefficient (Wildman–Crippen LogP) is 2.98. The summed E-state index contributed by atoms with van der Waals surface area (Å²) in [4.78, 5) is 40.8. The van der Waals surface area contributed by atoms with Gasteiger partial charge in [0.1, 0.15) is 5.82 Å². The molecule has 33 heavy (non-hydrogen) atoms. The van der Waals surface area contributed by atoms with Crippen LogP contribution in [0.1, 0.15) is 27.6 Å². The Morgan fingerprint density at radius 1 is 1.15 bits per heavy atom. The molecule has 1 saturated heterocycles. The van der Waals surface area contributed by atoms with Gasteiger partial charge in [-0.1, -0.05) is 0 Å². The third-order valence-electron chi connectivity index (χ3n) is 5.73. The number of hydrogen-bond donors (Lipinski definition) is 0. The Morgan fingerprint density at radius 2 is 1.85 bits per heavy atom. The lowest BCUT2D eigenvalue weighted by molar-refractivity contribution is -0.384. The van der Waals surface area contributed by atoms with Gasteiger partial charge in [-0.25, -0.2) is 4.39 Å². The maximum absolute atomic E-state index is 14.5. The molecular formula is C23H27FN4O5. The molecular weight excluding hydrogens is 431 g/mol. The Bertz CT molecular complexity index is 1050. The van der Waals surface area contributed by atoms with Gasteiger partial charge in [-0.3, -0.25) is 19.7 Å². The normalized spacial score (nSPS) is 13.7. The monoisotopic (exact) mass is 458 g/mol. The van der Waals surface area contributed by atoms with Crippen molar-refractivity contribution in [1.29, 1.82) is 0 Å². The van der Waals surface area contributed by atoms with Crippen LogP contribution >= 0.6 is 0 Å². The summed E-state index contributed by atoms with van der Waals surface area (Å²) in [5.74, 6) is -1.01. The molecule has 1 heterocycles. The number of piperazine rings is 1. The first kappa shape index (κ1) is 24.1. The maximum atomic E-state index is 14.5. The summed E-state index contributed by atoms with van der Waals surface area (Å²) in [5.41, 5.74) is 1.35. The van der Waals surface area contributed by atoms with Crippen LogP contribution in [0.4, 0.5) is 21.5 Å². The number of benzene rings is 2. The van der Waals surface area contributed by atoms with Crippen LogP contribution in [0.5, 0.6) is 0 Å². The molecule has 0 bridgehead atoms. The minimum absolute atomic E-state index is 0.159. The number of hydrogen-bond acceptors (Lipinski definition) is 7. The van der Waals surface area contributed by atoms with Crippen molar-refractivity contribution in [1.82, 2.24) is 4.90 Å².